The Morgan fingerprint density at radius 3 is 2.42 bits per heavy atom. The van der Waals surface area contributed by atoms with Crippen molar-refractivity contribution in [3.63, 3.8) is 0 Å². The van der Waals surface area contributed by atoms with Crippen LogP contribution in [0.25, 0.3) is 0 Å². The minimum atomic E-state index is -0.600. The van der Waals surface area contributed by atoms with E-state index in [9.17, 15) is 4.79 Å². The van der Waals surface area contributed by atoms with Crippen LogP contribution in [0.5, 0.6) is 0 Å². The molecule has 1 aliphatic rings. The molecule has 1 saturated heterocycles. The van der Waals surface area contributed by atoms with Crippen LogP contribution in [0.15, 0.2) is 24.3 Å². The molecule has 0 aromatic heterocycles. The van der Waals surface area contributed by atoms with Crippen molar-refractivity contribution in [2.24, 2.45) is 5.41 Å². The number of hydrogen-bond donors (Lipinski definition) is 1. The Hall–Kier alpha value is -1.39. The third-order valence-corrected chi connectivity index (χ3v) is 3.87. The van der Waals surface area contributed by atoms with E-state index in [1.165, 1.54) is 12.7 Å². The molecule has 104 valence electrons. The fraction of sp³-hybridized carbons (Fsp3) is 0.533. The van der Waals surface area contributed by atoms with E-state index in [4.69, 9.17) is 9.47 Å². The van der Waals surface area contributed by atoms with Gasteiger partial charge in [-0.05, 0) is 24.6 Å². The molecule has 0 saturated carbocycles. The molecule has 1 aromatic carbocycles. The molecule has 2 rings (SSSR count). The fourth-order valence-electron chi connectivity index (χ4n) is 2.64. The molecule has 4 heteroatoms. The quantitative estimate of drug-likeness (QED) is 0.821. The van der Waals surface area contributed by atoms with Crippen molar-refractivity contribution in [1.82, 2.24) is 5.32 Å². The molecular formula is C15H21NO3. The highest BCUT2D eigenvalue weighted by atomic mass is 16.5. The van der Waals surface area contributed by atoms with Crippen LogP contribution in [-0.2, 0) is 20.7 Å². The maximum atomic E-state index is 12.1. The Balaban J connectivity index is 2.29. The molecule has 19 heavy (non-hydrogen) atoms. The van der Waals surface area contributed by atoms with Gasteiger partial charge >= 0.3 is 5.97 Å². The van der Waals surface area contributed by atoms with Gasteiger partial charge in [0.1, 0.15) is 5.41 Å². The number of hydrogen-bond acceptors (Lipinski definition) is 4. The number of aryl methyl sites for hydroxylation is 1. The van der Waals surface area contributed by atoms with Crippen molar-refractivity contribution in [1.29, 1.82) is 0 Å². The Kier molecular flexibility index (Phi) is 4.22. The molecule has 1 heterocycles. The summed E-state index contributed by atoms with van der Waals surface area (Å²) in [6.45, 7) is 2.93. The molecule has 0 radical (unpaired) electrons. The Bertz CT molecular complexity index is 437. The topological polar surface area (TPSA) is 47.6 Å². The number of ether oxygens (including phenoxy) is 2. The Morgan fingerprint density at radius 2 is 2.05 bits per heavy atom. The molecule has 1 unspecified atom stereocenters. The number of carbonyl (C=O) groups is 1. The van der Waals surface area contributed by atoms with Gasteiger partial charge in [0.05, 0.1) is 26.4 Å². The lowest BCUT2D eigenvalue weighted by atomic mass is 9.75. The average molecular weight is 263 g/mol. The highest BCUT2D eigenvalue weighted by Crippen LogP contribution is 2.41. The largest absolute Gasteiger partial charge is 0.468 e. The second kappa shape index (κ2) is 5.72. The summed E-state index contributed by atoms with van der Waals surface area (Å²) in [5.74, 6) is -0.210. The molecule has 0 spiro atoms. The lowest BCUT2D eigenvalue weighted by Gasteiger charge is -2.44. The van der Waals surface area contributed by atoms with Crippen LogP contribution < -0.4 is 5.32 Å². The van der Waals surface area contributed by atoms with Gasteiger partial charge < -0.3 is 14.8 Å². The van der Waals surface area contributed by atoms with E-state index < -0.39 is 5.41 Å². The van der Waals surface area contributed by atoms with Gasteiger partial charge in [0.2, 0.25) is 0 Å². The highest BCUT2D eigenvalue weighted by Gasteiger charge is 2.53. The van der Waals surface area contributed by atoms with Gasteiger partial charge in [-0.3, -0.25) is 4.79 Å². The van der Waals surface area contributed by atoms with Crippen LogP contribution in [0.4, 0.5) is 0 Å². The molecule has 1 aliphatic heterocycles. The van der Waals surface area contributed by atoms with Crippen LogP contribution in [0.3, 0.4) is 0 Å². The Morgan fingerprint density at radius 1 is 1.42 bits per heavy atom. The van der Waals surface area contributed by atoms with Crippen molar-refractivity contribution in [2.75, 3.05) is 27.4 Å². The SMILES string of the molecule is CCc1ccc(C(NC)C2(C(=O)OC)COC2)cc1. The molecule has 0 aliphatic carbocycles. The predicted octanol–water partition coefficient (Wildman–Crippen LogP) is 1.70. The first-order valence-corrected chi connectivity index (χ1v) is 6.60. The van der Waals surface area contributed by atoms with E-state index >= 15 is 0 Å². The minimum Gasteiger partial charge on any atom is -0.468 e. The fourth-order valence-corrected chi connectivity index (χ4v) is 2.64. The summed E-state index contributed by atoms with van der Waals surface area (Å²) in [6.07, 6.45) is 1.01. The van der Waals surface area contributed by atoms with Gasteiger partial charge in [0, 0.05) is 0 Å². The summed E-state index contributed by atoms with van der Waals surface area (Å²) in [7, 11) is 3.29. The lowest BCUT2D eigenvalue weighted by Crippen LogP contribution is -2.56. The smallest absolute Gasteiger partial charge is 0.318 e. The van der Waals surface area contributed by atoms with Crippen molar-refractivity contribution < 1.29 is 14.3 Å². The number of benzene rings is 1. The normalized spacial score (nSPS) is 18.5. The van der Waals surface area contributed by atoms with E-state index in [1.807, 2.05) is 7.05 Å². The Labute approximate surface area is 114 Å². The molecule has 1 fully saturated rings. The first-order valence-electron chi connectivity index (χ1n) is 6.60. The molecule has 0 bridgehead atoms. The van der Waals surface area contributed by atoms with E-state index in [-0.39, 0.29) is 12.0 Å². The number of carbonyl (C=O) groups excluding carboxylic acids is 1. The van der Waals surface area contributed by atoms with E-state index in [0.717, 1.165) is 12.0 Å². The summed E-state index contributed by atoms with van der Waals surface area (Å²) >= 11 is 0. The van der Waals surface area contributed by atoms with Crippen molar-refractivity contribution in [3.8, 4) is 0 Å². The molecule has 1 aromatic rings. The zero-order chi connectivity index (χ0) is 13.9. The highest BCUT2D eigenvalue weighted by molar-refractivity contribution is 5.79. The summed E-state index contributed by atoms with van der Waals surface area (Å²) in [5.41, 5.74) is 1.78. The van der Waals surface area contributed by atoms with Gasteiger partial charge in [-0.15, -0.1) is 0 Å². The van der Waals surface area contributed by atoms with Crippen LogP contribution in [0, 0.1) is 5.41 Å². The first kappa shape index (κ1) is 14.0. The summed E-state index contributed by atoms with van der Waals surface area (Å²) in [4.78, 5) is 12.1. The van der Waals surface area contributed by atoms with E-state index in [0.29, 0.717) is 13.2 Å². The van der Waals surface area contributed by atoms with E-state index in [2.05, 4.69) is 36.5 Å². The average Bonchev–Trinajstić information content (AvgIpc) is 2.42. The predicted molar refractivity (Wildman–Crippen MR) is 72.9 cm³/mol. The molecule has 1 atom stereocenters. The standard InChI is InChI=1S/C15H21NO3/c1-4-11-5-7-12(8-6-11)13(16-2)15(9-19-10-15)14(17)18-3/h5-8,13,16H,4,9-10H2,1-3H3. The van der Waals surface area contributed by atoms with Crippen LogP contribution >= 0.6 is 0 Å². The zero-order valence-corrected chi connectivity index (χ0v) is 11.7. The zero-order valence-electron chi connectivity index (χ0n) is 11.7. The maximum absolute atomic E-state index is 12.1. The minimum absolute atomic E-state index is 0.0837. The van der Waals surface area contributed by atoms with Gasteiger partial charge in [0.25, 0.3) is 0 Å². The second-order valence-corrected chi connectivity index (χ2v) is 4.96. The van der Waals surface area contributed by atoms with Crippen molar-refractivity contribution in [2.45, 2.75) is 19.4 Å². The third kappa shape index (κ3) is 2.38. The molecular weight excluding hydrogens is 242 g/mol. The van der Waals surface area contributed by atoms with Crippen LogP contribution in [0.1, 0.15) is 24.1 Å². The molecule has 4 nitrogen and oxygen atoms in total. The maximum Gasteiger partial charge on any atom is 0.318 e. The van der Waals surface area contributed by atoms with Crippen molar-refractivity contribution in [3.05, 3.63) is 35.4 Å². The number of esters is 1. The number of nitrogens with one attached hydrogen (secondary N) is 1. The van der Waals surface area contributed by atoms with Gasteiger partial charge in [-0.1, -0.05) is 31.2 Å². The first-order chi connectivity index (χ1) is 9.17. The van der Waals surface area contributed by atoms with Crippen molar-refractivity contribution >= 4 is 5.97 Å². The molecule has 1 N–H and O–H groups in total. The summed E-state index contributed by atoms with van der Waals surface area (Å²) < 4.78 is 10.2. The van der Waals surface area contributed by atoms with E-state index in [1.54, 1.807) is 0 Å². The van der Waals surface area contributed by atoms with Gasteiger partial charge in [-0.25, -0.2) is 0 Å². The van der Waals surface area contributed by atoms with Crippen LogP contribution in [-0.4, -0.2) is 33.3 Å². The number of methoxy groups -OCH3 is 1. The third-order valence-electron chi connectivity index (χ3n) is 3.87. The van der Waals surface area contributed by atoms with Gasteiger partial charge in [-0.2, -0.15) is 0 Å². The van der Waals surface area contributed by atoms with Crippen LogP contribution in [0.2, 0.25) is 0 Å². The van der Waals surface area contributed by atoms with Gasteiger partial charge in [0.15, 0.2) is 0 Å². The monoisotopic (exact) mass is 263 g/mol. The lowest BCUT2D eigenvalue weighted by molar-refractivity contribution is -0.190. The second-order valence-electron chi connectivity index (χ2n) is 4.96. The number of rotatable bonds is 5. The summed E-state index contributed by atoms with van der Waals surface area (Å²) in [5, 5.41) is 3.23. The molecule has 0 amide bonds. The summed E-state index contributed by atoms with van der Waals surface area (Å²) in [6, 6.07) is 8.26.